The monoisotopic (exact) mass is 1040 g/mol. The Labute approximate surface area is 449 Å². The SMILES string of the molecule is CCCCCCCCCCCCCC/C=C\CCCCCCCCCCCCCC(O)C(=O)NC(COC1OC(CO)C(O)C(O)C1O)C(O)C(O)CCCCCCCCCCCCCCCCCCCCC. The molecule has 0 bridgehead atoms. The van der Waals surface area contributed by atoms with Crippen LogP contribution in [0, 0.1) is 0 Å². The van der Waals surface area contributed by atoms with Crippen LogP contribution in [-0.2, 0) is 14.3 Å². The van der Waals surface area contributed by atoms with Crippen LogP contribution in [0.5, 0.6) is 0 Å². The maximum atomic E-state index is 13.2. The molecule has 73 heavy (non-hydrogen) atoms. The van der Waals surface area contributed by atoms with Crippen molar-refractivity contribution in [1.29, 1.82) is 0 Å². The third kappa shape index (κ3) is 39.8. The van der Waals surface area contributed by atoms with Crippen LogP contribution >= 0.6 is 0 Å². The number of hydrogen-bond donors (Lipinski definition) is 8. The first-order chi connectivity index (χ1) is 35.7. The molecule has 1 rings (SSSR count). The van der Waals surface area contributed by atoms with Crippen LogP contribution in [0.1, 0.15) is 309 Å². The topological polar surface area (TPSA) is 189 Å². The zero-order valence-electron chi connectivity index (χ0n) is 47.6. The van der Waals surface area contributed by atoms with Gasteiger partial charge in [-0.2, -0.15) is 0 Å². The minimum atomic E-state index is -1.66. The Kier molecular flexibility index (Phi) is 49.4. The molecule has 8 N–H and O–H groups in total. The van der Waals surface area contributed by atoms with E-state index in [1.165, 1.54) is 231 Å². The fourth-order valence-corrected chi connectivity index (χ4v) is 10.4. The second-order valence-electron chi connectivity index (χ2n) is 22.5. The van der Waals surface area contributed by atoms with Gasteiger partial charge in [-0.3, -0.25) is 4.79 Å². The van der Waals surface area contributed by atoms with Gasteiger partial charge in [-0.05, 0) is 38.5 Å². The van der Waals surface area contributed by atoms with E-state index in [1.807, 2.05) is 0 Å². The first kappa shape index (κ1) is 69.9. The summed E-state index contributed by atoms with van der Waals surface area (Å²) in [5.74, 6) is -0.692. The molecule has 0 spiro atoms. The summed E-state index contributed by atoms with van der Waals surface area (Å²) in [5.41, 5.74) is 0. The molecule has 11 nitrogen and oxygen atoms in total. The summed E-state index contributed by atoms with van der Waals surface area (Å²) in [7, 11) is 0. The predicted molar refractivity (Wildman–Crippen MR) is 303 cm³/mol. The van der Waals surface area contributed by atoms with Crippen molar-refractivity contribution in [2.24, 2.45) is 0 Å². The summed E-state index contributed by atoms with van der Waals surface area (Å²) >= 11 is 0. The average Bonchev–Trinajstić information content (AvgIpc) is 3.39. The van der Waals surface area contributed by atoms with E-state index in [0.717, 1.165) is 38.5 Å². The van der Waals surface area contributed by atoms with Crippen LogP contribution in [0.4, 0.5) is 0 Å². The summed E-state index contributed by atoms with van der Waals surface area (Å²) in [6.45, 7) is 3.50. The number of carbonyl (C=O) groups is 1. The standard InChI is InChI=1S/C62H121NO10/c1-3-5-7-9-11-13-15-17-19-21-23-24-25-26-27-28-29-30-32-34-36-38-40-42-44-46-48-50-55(66)61(71)63-53(52-72-62-60(70)59(69)58(68)56(51-64)73-62)57(67)54(65)49-47-45-43-41-39-37-35-33-31-22-20-18-16-14-12-10-8-6-4-2/h26-27,53-60,62,64-70H,3-25,28-52H2,1-2H3,(H,63,71)/b27-26-. The van der Waals surface area contributed by atoms with Crippen molar-refractivity contribution in [3.63, 3.8) is 0 Å². The van der Waals surface area contributed by atoms with E-state index in [9.17, 15) is 40.5 Å². The molecule has 1 fully saturated rings. The van der Waals surface area contributed by atoms with E-state index < -0.39 is 74.2 Å². The van der Waals surface area contributed by atoms with Gasteiger partial charge in [0.2, 0.25) is 5.91 Å². The van der Waals surface area contributed by atoms with Crippen LogP contribution in [0.15, 0.2) is 12.2 Å². The highest BCUT2D eigenvalue weighted by atomic mass is 16.7. The van der Waals surface area contributed by atoms with Gasteiger partial charge in [0.1, 0.15) is 36.6 Å². The first-order valence-electron chi connectivity index (χ1n) is 31.6. The van der Waals surface area contributed by atoms with Gasteiger partial charge in [0.15, 0.2) is 6.29 Å². The Morgan fingerprint density at radius 3 is 1.15 bits per heavy atom. The highest BCUT2D eigenvalue weighted by Crippen LogP contribution is 2.24. The van der Waals surface area contributed by atoms with E-state index in [-0.39, 0.29) is 6.42 Å². The number of unbranched alkanes of at least 4 members (excludes halogenated alkanes) is 41. The third-order valence-corrected chi connectivity index (χ3v) is 15.6. The van der Waals surface area contributed by atoms with E-state index in [0.29, 0.717) is 19.3 Å². The fourth-order valence-electron chi connectivity index (χ4n) is 10.4. The Hall–Kier alpha value is -1.15. The number of hydrogen-bond acceptors (Lipinski definition) is 10. The lowest BCUT2D eigenvalue weighted by Crippen LogP contribution is -2.60. The van der Waals surface area contributed by atoms with Crippen molar-refractivity contribution < 1.29 is 50.0 Å². The molecule has 1 amide bonds. The van der Waals surface area contributed by atoms with Gasteiger partial charge in [-0.1, -0.05) is 283 Å². The second-order valence-corrected chi connectivity index (χ2v) is 22.5. The minimum Gasteiger partial charge on any atom is -0.394 e. The smallest absolute Gasteiger partial charge is 0.249 e. The van der Waals surface area contributed by atoms with Gasteiger partial charge in [0.25, 0.3) is 0 Å². The summed E-state index contributed by atoms with van der Waals surface area (Å²) in [5, 5.41) is 76.3. The first-order valence-corrected chi connectivity index (χ1v) is 31.6. The van der Waals surface area contributed by atoms with E-state index in [1.54, 1.807) is 0 Å². The van der Waals surface area contributed by atoms with E-state index in [4.69, 9.17) is 9.47 Å². The summed E-state index contributed by atoms with van der Waals surface area (Å²) in [6.07, 6.45) is 49.8. The van der Waals surface area contributed by atoms with Crippen LogP contribution in [0.3, 0.4) is 0 Å². The normalized spacial score (nSPS) is 19.9. The molecule has 1 heterocycles. The maximum Gasteiger partial charge on any atom is 0.249 e. The van der Waals surface area contributed by atoms with Crippen molar-refractivity contribution in [2.75, 3.05) is 13.2 Å². The highest BCUT2D eigenvalue weighted by molar-refractivity contribution is 5.80. The molecular formula is C62H121NO10. The third-order valence-electron chi connectivity index (χ3n) is 15.6. The van der Waals surface area contributed by atoms with Gasteiger partial charge in [-0.25, -0.2) is 0 Å². The van der Waals surface area contributed by atoms with Gasteiger partial charge >= 0.3 is 0 Å². The summed E-state index contributed by atoms with van der Waals surface area (Å²) < 4.78 is 11.2. The van der Waals surface area contributed by atoms with Gasteiger partial charge in [-0.15, -0.1) is 0 Å². The Morgan fingerprint density at radius 2 is 0.795 bits per heavy atom. The zero-order valence-corrected chi connectivity index (χ0v) is 47.6. The molecule has 1 aliphatic rings. The van der Waals surface area contributed by atoms with Gasteiger partial charge < -0.3 is 50.5 Å². The van der Waals surface area contributed by atoms with Crippen molar-refractivity contribution >= 4 is 5.91 Å². The summed E-state index contributed by atoms with van der Waals surface area (Å²) in [6, 6.07) is -1.17. The lowest BCUT2D eigenvalue weighted by Gasteiger charge is -2.40. The van der Waals surface area contributed by atoms with Crippen LogP contribution in [0.25, 0.3) is 0 Å². The molecule has 0 radical (unpaired) electrons. The fraction of sp³-hybridized carbons (Fsp3) is 0.952. The van der Waals surface area contributed by atoms with Gasteiger partial charge in [0.05, 0.1) is 25.4 Å². The zero-order chi connectivity index (χ0) is 53.3. The van der Waals surface area contributed by atoms with E-state index >= 15 is 0 Å². The highest BCUT2D eigenvalue weighted by Gasteiger charge is 2.44. The molecule has 11 heteroatoms. The number of amides is 1. The number of rotatable bonds is 55. The molecule has 0 aliphatic carbocycles. The quantitative estimate of drug-likeness (QED) is 0.0215. The number of nitrogens with one attached hydrogen (secondary N) is 1. The van der Waals surface area contributed by atoms with E-state index in [2.05, 4.69) is 31.3 Å². The van der Waals surface area contributed by atoms with Crippen LogP contribution in [-0.4, -0.2) is 110 Å². The Morgan fingerprint density at radius 1 is 0.466 bits per heavy atom. The molecule has 0 saturated carbocycles. The van der Waals surface area contributed by atoms with Crippen molar-refractivity contribution in [2.45, 2.75) is 364 Å². The molecule has 434 valence electrons. The Balaban J connectivity index is 2.25. The molecular weight excluding hydrogens is 919 g/mol. The van der Waals surface area contributed by atoms with Crippen molar-refractivity contribution in [3.05, 3.63) is 12.2 Å². The average molecular weight is 1040 g/mol. The molecule has 1 aliphatic heterocycles. The molecule has 0 aromatic rings. The molecule has 1 saturated heterocycles. The molecule has 9 unspecified atom stereocenters. The molecule has 0 aromatic heterocycles. The van der Waals surface area contributed by atoms with Crippen molar-refractivity contribution in [1.82, 2.24) is 5.32 Å². The maximum absolute atomic E-state index is 13.2. The molecule has 0 aromatic carbocycles. The number of ether oxygens (including phenoxy) is 2. The number of allylic oxidation sites excluding steroid dienone is 2. The summed E-state index contributed by atoms with van der Waals surface area (Å²) in [4.78, 5) is 13.2. The van der Waals surface area contributed by atoms with Crippen molar-refractivity contribution in [3.8, 4) is 0 Å². The number of aliphatic hydroxyl groups is 7. The lowest BCUT2D eigenvalue weighted by atomic mass is 9.98. The number of carbonyl (C=O) groups excluding carboxylic acids is 1. The number of aliphatic hydroxyl groups excluding tert-OH is 7. The minimum absolute atomic E-state index is 0.263. The predicted octanol–water partition coefficient (Wildman–Crippen LogP) is 13.9. The molecule has 9 atom stereocenters. The second kappa shape index (κ2) is 51.6. The van der Waals surface area contributed by atoms with Crippen LogP contribution in [0.2, 0.25) is 0 Å². The largest absolute Gasteiger partial charge is 0.394 e. The lowest BCUT2D eigenvalue weighted by molar-refractivity contribution is -0.303. The Bertz CT molecular complexity index is 1190. The van der Waals surface area contributed by atoms with Gasteiger partial charge in [0, 0.05) is 0 Å². The van der Waals surface area contributed by atoms with Crippen LogP contribution < -0.4 is 5.32 Å².